The molecule has 4 unspecified atom stereocenters. The first-order chi connectivity index (χ1) is 9.24. The van der Waals surface area contributed by atoms with Crippen molar-refractivity contribution in [3.8, 4) is 0 Å². The third-order valence-corrected chi connectivity index (χ3v) is 4.74. The van der Waals surface area contributed by atoms with Gasteiger partial charge in [-0.2, -0.15) is 0 Å². The molecular weight excluding hydrogens is 234 g/mol. The number of ether oxygens (including phenoxy) is 1. The normalized spacial score (nSPS) is 35.5. The second-order valence-electron chi connectivity index (χ2n) is 6.27. The Hall–Kier alpha value is -0.860. The van der Waals surface area contributed by atoms with Gasteiger partial charge in [-0.05, 0) is 38.2 Å². The summed E-state index contributed by atoms with van der Waals surface area (Å²) in [5.74, 6) is 0.714. The molecule has 0 spiro atoms. The number of nitrogens with one attached hydrogen (secondary N) is 1. The fourth-order valence-corrected chi connectivity index (χ4v) is 3.56. The van der Waals surface area contributed by atoms with Crippen LogP contribution in [0.1, 0.15) is 49.8 Å². The predicted molar refractivity (Wildman–Crippen MR) is 78.2 cm³/mol. The van der Waals surface area contributed by atoms with Gasteiger partial charge in [0.2, 0.25) is 0 Å². The van der Waals surface area contributed by atoms with Crippen LogP contribution >= 0.6 is 0 Å². The van der Waals surface area contributed by atoms with E-state index in [0.717, 1.165) is 6.61 Å². The molecule has 1 saturated heterocycles. The van der Waals surface area contributed by atoms with Crippen LogP contribution in [0.5, 0.6) is 0 Å². The van der Waals surface area contributed by atoms with Crippen molar-refractivity contribution in [1.82, 2.24) is 5.32 Å². The van der Waals surface area contributed by atoms with Gasteiger partial charge in [0, 0.05) is 12.1 Å². The Morgan fingerprint density at radius 2 is 1.84 bits per heavy atom. The number of fused-ring (bicyclic) bond motifs is 1. The second-order valence-corrected chi connectivity index (χ2v) is 6.27. The molecule has 1 aromatic carbocycles. The maximum atomic E-state index is 6.25. The summed E-state index contributed by atoms with van der Waals surface area (Å²) in [6.07, 6.45) is 5.58. The van der Waals surface area contributed by atoms with Crippen LogP contribution < -0.4 is 5.32 Å². The number of benzene rings is 1. The lowest BCUT2D eigenvalue weighted by molar-refractivity contribution is 0.0263. The van der Waals surface area contributed by atoms with Crippen LogP contribution in [0, 0.1) is 12.8 Å². The molecule has 2 heteroatoms. The number of hydrogen-bond donors (Lipinski definition) is 1. The third-order valence-electron chi connectivity index (χ3n) is 4.74. The second kappa shape index (κ2) is 5.64. The molecule has 2 nitrogen and oxygen atoms in total. The van der Waals surface area contributed by atoms with Crippen molar-refractivity contribution in [3.63, 3.8) is 0 Å². The van der Waals surface area contributed by atoms with Crippen molar-refractivity contribution in [3.05, 3.63) is 35.4 Å². The summed E-state index contributed by atoms with van der Waals surface area (Å²) < 4.78 is 6.25. The summed E-state index contributed by atoms with van der Waals surface area (Å²) >= 11 is 0. The minimum absolute atomic E-state index is 0.200. The Balaban J connectivity index is 1.77. The van der Waals surface area contributed by atoms with E-state index in [2.05, 4.69) is 43.4 Å². The lowest BCUT2D eigenvalue weighted by Crippen LogP contribution is -2.43. The first kappa shape index (κ1) is 13.1. The lowest BCUT2D eigenvalue weighted by Gasteiger charge is -2.30. The van der Waals surface area contributed by atoms with Crippen molar-refractivity contribution < 1.29 is 4.74 Å². The predicted octanol–water partition coefficient (Wildman–Crippen LogP) is 3.60. The van der Waals surface area contributed by atoms with Gasteiger partial charge in [-0.25, -0.2) is 0 Å². The lowest BCUT2D eigenvalue weighted by atomic mass is 9.85. The van der Waals surface area contributed by atoms with E-state index in [-0.39, 0.29) is 6.10 Å². The van der Waals surface area contributed by atoms with Crippen LogP contribution in [-0.4, -0.2) is 18.7 Å². The SMILES string of the molecule is Cc1ccc(C2OCC3CCCCC3NC2C)cc1. The van der Waals surface area contributed by atoms with Crippen LogP contribution in [-0.2, 0) is 4.74 Å². The standard InChI is InChI=1S/C17H25NO/c1-12-7-9-14(10-8-12)17-13(2)18-16-6-4-3-5-15(16)11-19-17/h7-10,13,15-18H,3-6,11H2,1-2H3. The van der Waals surface area contributed by atoms with Gasteiger partial charge in [0.15, 0.2) is 0 Å². The zero-order valence-corrected chi connectivity index (χ0v) is 12.1. The van der Waals surface area contributed by atoms with Crippen molar-refractivity contribution in [2.24, 2.45) is 5.92 Å². The maximum absolute atomic E-state index is 6.25. The van der Waals surface area contributed by atoms with Gasteiger partial charge in [-0.3, -0.25) is 0 Å². The zero-order chi connectivity index (χ0) is 13.2. The van der Waals surface area contributed by atoms with E-state index >= 15 is 0 Å². The van der Waals surface area contributed by atoms with Crippen LogP contribution in [0.25, 0.3) is 0 Å². The molecule has 3 rings (SSSR count). The zero-order valence-electron chi connectivity index (χ0n) is 12.1. The summed E-state index contributed by atoms with van der Waals surface area (Å²) in [6.45, 7) is 5.32. The van der Waals surface area contributed by atoms with Gasteiger partial charge < -0.3 is 10.1 Å². The largest absolute Gasteiger partial charge is 0.372 e. The first-order valence-electron chi connectivity index (χ1n) is 7.68. The fourth-order valence-electron chi connectivity index (χ4n) is 3.56. The molecule has 0 radical (unpaired) electrons. The Kier molecular flexibility index (Phi) is 3.90. The van der Waals surface area contributed by atoms with Gasteiger partial charge in [0.1, 0.15) is 0 Å². The number of aryl methyl sites for hydroxylation is 1. The summed E-state index contributed by atoms with van der Waals surface area (Å²) in [6, 6.07) is 9.86. The van der Waals surface area contributed by atoms with Crippen LogP contribution in [0.4, 0.5) is 0 Å². The van der Waals surface area contributed by atoms with E-state index in [1.165, 1.54) is 36.8 Å². The molecule has 104 valence electrons. The molecule has 2 aliphatic rings. The monoisotopic (exact) mass is 259 g/mol. The van der Waals surface area contributed by atoms with E-state index in [4.69, 9.17) is 4.74 Å². The fraction of sp³-hybridized carbons (Fsp3) is 0.647. The van der Waals surface area contributed by atoms with E-state index in [0.29, 0.717) is 18.0 Å². The summed E-state index contributed by atoms with van der Waals surface area (Å²) in [4.78, 5) is 0. The molecule has 0 amide bonds. The maximum Gasteiger partial charge on any atom is 0.0975 e. The molecule has 2 fully saturated rings. The first-order valence-corrected chi connectivity index (χ1v) is 7.68. The van der Waals surface area contributed by atoms with Crippen LogP contribution in [0.2, 0.25) is 0 Å². The average molecular weight is 259 g/mol. The molecule has 1 aliphatic heterocycles. The quantitative estimate of drug-likeness (QED) is 0.832. The topological polar surface area (TPSA) is 21.3 Å². The Labute approximate surface area is 116 Å². The highest BCUT2D eigenvalue weighted by Crippen LogP contribution is 2.32. The highest BCUT2D eigenvalue weighted by atomic mass is 16.5. The van der Waals surface area contributed by atoms with Crippen molar-refractivity contribution in [2.75, 3.05) is 6.61 Å². The number of hydrogen-bond acceptors (Lipinski definition) is 2. The number of rotatable bonds is 1. The molecule has 1 heterocycles. The van der Waals surface area contributed by atoms with Crippen molar-refractivity contribution in [1.29, 1.82) is 0 Å². The van der Waals surface area contributed by atoms with Gasteiger partial charge in [-0.1, -0.05) is 42.7 Å². The highest BCUT2D eigenvalue weighted by molar-refractivity contribution is 5.24. The molecule has 0 bridgehead atoms. The van der Waals surface area contributed by atoms with Gasteiger partial charge in [-0.15, -0.1) is 0 Å². The molecule has 19 heavy (non-hydrogen) atoms. The van der Waals surface area contributed by atoms with E-state index < -0.39 is 0 Å². The summed E-state index contributed by atoms with van der Waals surface area (Å²) in [7, 11) is 0. The van der Waals surface area contributed by atoms with E-state index in [1.54, 1.807) is 0 Å². The molecule has 1 saturated carbocycles. The molecule has 1 aliphatic carbocycles. The Morgan fingerprint density at radius 3 is 2.63 bits per heavy atom. The van der Waals surface area contributed by atoms with Gasteiger partial charge in [0.05, 0.1) is 12.7 Å². The van der Waals surface area contributed by atoms with Crippen molar-refractivity contribution >= 4 is 0 Å². The van der Waals surface area contributed by atoms with Gasteiger partial charge in [0.25, 0.3) is 0 Å². The minimum atomic E-state index is 0.200. The third kappa shape index (κ3) is 2.85. The summed E-state index contributed by atoms with van der Waals surface area (Å²) in [5, 5.41) is 3.82. The molecule has 1 aromatic rings. The molecule has 4 atom stereocenters. The molecular formula is C17H25NO. The van der Waals surface area contributed by atoms with Crippen LogP contribution in [0.15, 0.2) is 24.3 Å². The minimum Gasteiger partial charge on any atom is -0.372 e. The molecule has 1 N–H and O–H groups in total. The van der Waals surface area contributed by atoms with E-state index in [1.807, 2.05) is 0 Å². The molecule has 0 aromatic heterocycles. The smallest absolute Gasteiger partial charge is 0.0975 e. The van der Waals surface area contributed by atoms with Crippen molar-refractivity contribution in [2.45, 2.75) is 57.7 Å². The Bertz CT molecular complexity index is 414. The van der Waals surface area contributed by atoms with Crippen LogP contribution in [0.3, 0.4) is 0 Å². The van der Waals surface area contributed by atoms with E-state index in [9.17, 15) is 0 Å². The average Bonchev–Trinajstić information content (AvgIpc) is 2.58. The summed E-state index contributed by atoms with van der Waals surface area (Å²) in [5.41, 5.74) is 2.62. The Morgan fingerprint density at radius 1 is 1.11 bits per heavy atom. The van der Waals surface area contributed by atoms with Gasteiger partial charge >= 0.3 is 0 Å². The highest BCUT2D eigenvalue weighted by Gasteiger charge is 2.33.